The van der Waals surface area contributed by atoms with E-state index in [2.05, 4.69) is 56.0 Å². The Labute approximate surface area is 419 Å². The standard InChI is InChI=1S/C25H24F4N8O.C24H27F4N7O/c1-35(24(38)32-20-4-3-15(26)13-19(20)25(27,28)29)16-7-11-37(12-8-16)23-18-14-30-9-5-17(18)22(33-34-23)21-6-10-31-36(21)2;1-14-15(2)22(32-31-21(14)20-7-10-29-34(20)4)35-11-8-17(9-12-35)33(3)23(36)30-19-6-5-16(25)13-18(19)24(26,27)28/h3-6,9-10,13-14,16H,7-8,11-12H2,1-2H3,(H,32,38);5-7,10,13,17H,8-9,11-12H2,1-4H3,(H,30,36). The van der Waals surface area contributed by atoms with E-state index in [0.29, 0.717) is 75.5 Å². The summed E-state index contributed by atoms with van der Waals surface area (Å²) in [6, 6.07) is 8.19. The minimum Gasteiger partial charge on any atom is -0.355 e. The van der Waals surface area contributed by atoms with Gasteiger partial charge in [0.15, 0.2) is 11.6 Å². The molecule has 7 aromatic rings. The summed E-state index contributed by atoms with van der Waals surface area (Å²) in [5, 5.41) is 32.5. The fourth-order valence-corrected chi connectivity index (χ4v) is 9.14. The Morgan fingerprint density at radius 1 is 0.581 bits per heavy atom. The maximum Gasteiger partial charge on any atom is 0.418 e. The van der Waals surface area contributed by atoms with Crippen molar-refractivity contribution < 1.29 is 44.7 Å². The number of rotatable bonds is 8. The number of alkyl halides is 6. The van der Waals surface area contributed by atoms with E-state index in [0.717, 1.165) is 69.1 Å². The average Bonchev–Trinajstić information content (AvgIpc) is 4.01. The van der Waals surface area contributed by atoms with E-state index in [1.54, 1.807) is 41.2 Å². The number of carbonyl (C=O) groups excluding carboxylic acids is 2. The van der Waals surface area contributed by atoms with Gasteiger partial charge in [0, 0.05) is 102 Å². The first-order chi connectivity index (χ1) is 35.1. The van der Waals surface area contributed by atoms with Gasteiger partial charge in [0.1, 0.15) is 23.0 Å². The van der Waals surface area contributed by atoms with E-state index >= 15 is 0 Å². The second-order valence-electron chi connectivity index (χ2n) is 18.0. The van der Waals surface area contributed by atoms with Crippen LogP contribution in [0.3, 0.4) is 0 Å². The van der Waals surface area contributed by atoms with Crippen LogP contribution in [-0.4, -0.2) is 119 Å². The van der Waals surface area contributed by atoms with Crippen molar-refractivity contribution in [3.05, 3.63) is 113 Å². The summed E-state index contributed by atoms with van der Waals surface area (Å²) < 4.78 is 110. The molecule has 17 nitrogen and oxygen atoms in total. The number of urea groups is 2. The summed E-state index contributed by atoms with van der Waals surface area (Å²) in [6.45, 7) is 6.29. The summed E-state index contributed by atoms with van der Waals surface area (Å²) in [5.41, 5.74) is 1.73. The molecule has 9 rings (SSSR count). The van der Waals surface area contributed by atoms with Gasteiger partial charge in [-0.05, 0) is 105 Å². The molecule has 390 valence electrons. The molecule has 74 heavy (non-hydrogen) atoms. The molecule has 2 N–H and O–H groups in total. The molecule has 2 aromatic carbocycles. The normalized spacial score (nSPS) is 14.7. The summed E-state index contributed by atoms with van der Waals surface area (Å²) in [5.74, 6) is -0.617. The van der Waals surface area contributed by atoms with Crippen molar-refractivity contribution in [2.24, 2.45) is 14.1 Å². The largest absolute Gasteiger partial charge is 0.418 e. The zero-order chi connectivity index (χ0) is 53.2. The molecule has 4 amide bonds. The Morgan fingerprint density at radius 2 is 1.03 bits per heavy atom. The lowest BCUT2D eigenvalue weighted by Crippen LogP contribution is -2.47. The number of aromatic nitrogens is 9. The van der Waals surface area contributed by atoms with E-state index in [1.165, 1.54) is 16.8 Å². The first-order valence-electron chi connectivity index (χ1n) is 23.3. The lowest BCUT2D eigenvalue weighted by atomic mass is 10.0. The Kier molecular flexibility index (Phi) is 15.0. The summed E-state index contributed by atoms with van der Waals surface area (Å²) in [7, 11) is 6.76. The highest BCUT2D eigenvalue weighted by Crippen LogP contribution is 2.38. The third kappa shape index (κ3) is 11.1. The lowest BCUT2D eigenvalue weighted by Gasteiger charge is -2.37. The molecule has 0 spiro atoms. The number of halogens is 8. The second kappa shape index (κ2) is 21.2. The molecule has 0 radical (unpaired) electrons. The summed E-state index contributed by atoms with van der Waals surface area (Å²) >= 11 is 0. The van der Waals surface area contributed by atoms with Gasteiger partial charge in [0.05, 0.1) is 33.9 Å². The van der Waals surface area contributed by atoms with Crippen molar-refractivity contribution in [3.8, 4) is 22.8 Å². The highest BCUT2D eigenvalue weighted by atomic mass is 19.4. The molecule has 2 saturated heterocycles. The predicted octanol–water partition coefficient (Wildman–Crippen LogP) is 9.50. The Hall–Kier alpha value is -7.99. The fourth-order valence-electron chi connectivity index (χ4n) is 9.14. The van der Waals surface area contributed by atoms with Crippen LogP contribution in [0, 0.1) is 25.5 Å². The minimum atomic E-state index is -4.81. The maximum atomic E-state index is 13.4. The van der Waals surface area contributed by atoms with Crippen LogP contribution in [0.15, 0.2) is 79.4 Å². The van der Waals surface area contributed by atoms with Crippen molar-refractivity contribution in [1.29, 1.82) is 0 Å². The zero-order valence-corrected chi connectivity index (χ0v) is 41.0. The van der Waals surface area contributed by atoms with Gasteiger partial charge in [0.2, 0.25) is 0 Å². The van der Waals surface area contributed by atoms with Gasteiger partial charge in [-0.2, -0.15) is 36.5 Å². The van der Waals surface area contributed by atoms with Crippen molar-refractivity contribution in [2.75, 3.05) is 60.7 Å². The first-order valence-corrected chi connectivity index (χ1v) is 23.3. The van der Waals surface area contributed by atoms with Crippen LogP contribution in [-0.2, 0) is 26.4 Å². The second-order valence-corrected chi connectivity index (χ2v) is 18.0. The van der Waals surface area contributed by atoms with Crippen LogP contribution in [0.2, 0.25) is 0 Å². The van der Waals surface area contributed by atoms with Crippen LogP contribution in [0.25, 0.3) is 33.5 Å². The number of fused-ring (bicyclic) bond motifs is 1. The number of amides is 4. The summed E-state index contributed by atoms with van der Waals surface area (Å²) in [6.07, 6.45) is -0.445. The number of aryl methyl sites for hydroxylation is 2. The molecular weight excluding hydrogens is 983 g/mol. The van der Waals surface area contributed by atoms with Crippen LogP contribution >= 0.6 is 0 Å². The number of hydrogen-bond donors (Lipinski definition) is 2. The topological polar surface area (TPSA) is 171 Å². The smallest absolute Gasteiger partial charge is 0.355 e. The minimum absolute atomic E-state index is 0.181. The van der Waals surface area contributed by atoms with Gasteiger partial charge in [-0.1, -0.05) is 0 Å². The van der Waals surface area contributed by atoms with Gasteiger partial charge in [-0.15, -0.1) is 20.4 Å². The Morgan fingerprint density at radius 3 is 1.49 bits per heavy atom. The molecule has 7 heterocycles. The van der Waals surface area contributed by atoms with Crippen LogP contribution in [0.1, 0.15) is 47.9 Å². The number of piperidine rings is 2. The molecule has 2 aliphatic heterocycles. The van der Waals surface area contributed by atoms with Crippen LogP contribution < -0.4 is 20.4 Å². The van der Waals surface area contributed by atoms with Gasteiger partial charge < -0.3 is 30.2 Å². The number of anilines is 4. The molecule has 0 aliphatic carbocycles. The molecule has 2 aliphatic rings. The van der Waals surface area contributed by atoms with Gasteiger partial charge in [0.25, 0.3) is 0 Å². The SMILES string of the molecule is CN(C(=O)Nc1ccc(F)cc1C(F)(F)F)C1CCN(c2nnc(-c3ccnn3C)c3ccncc23)CC1.Cc1c(-c2ccnn2C)nnc(N2CCC(N(C)C(=O)Nc3ccc(F)cc3C(F)(F)F)CC2)c1C. The molecule has 0 atom stereocenters. The third-order valence-corrected chi connectivity index (χ3v) is 13.5. The molecule has 2 fully saturated rings. The van der Waals surface area contributed by atoms with Gasteiger partial charge >= 0.3 is 24.4 Å². The van der Waals surface area contributed by atoms with Gasteiger partial charge in [-0.3, -0.25) is 14.3 Å². The van der Waals surface area contributed by atoms with Crippen LogP contribution in [0.5, 0.6) is 0 Å². The van der Waals surface area contributed by atoms with Gasteiger partial charge in [-0.25, -0.2) is 18.4 Å². The molecule has 0 saturated carbocycles. The number of nitrogens with one attached hydrogen (secondary N) is 2. The van der Waals surface area contributed by atoms with Crippen molar-refractivity contribution in [1.82, 2.24) is 54.7 Å². The molecule has 0 bridgehead atoms. The first kappa shape index (κ1) is 52.3. The van der Waals surface area contributed by atoms with E-state index in [-0.39, 0.29) is 12.1 Å². The predicted molar refractivity (Wildman–Crippen MR) is 260 cm³/mol. The molecule has 25 heteroatoms. The summed E-state index contributed by atoms with van der Waals surface area (Å²) in [4.78, 5) is 36.7. The lowest BCUT2D eigenvalue weighted by molar-refractivity contribution is -0.137. The highest BCUT2D eigenvalue weighted by molar-refractivity contribution is 5.99. The molecule has 5 aromatic heterocycles. The average molecular weight is 1030 g/mol. The Balaban J connectivity index is 0.000000197. The number of carbonyl (C=O) groups is 2. The highest BCUT2D eigenvalue weighted by Gasteiger charge is 2.37. The monoisotopic (exact) mass is 1030 g/mol. The molecule has 0 unspecified atom stereocenters. The number of hydrogen-bond acceptors (Lipinski definition) is 11. The van der Waals surface area contributed by atoms with Crippen LogP contribution in [0.4, 0.5) is 67.7 Å². The van der Waals surface area contributed by atoms with E-state index in [9.17, 15) is 44.7 Å². The zero-order valence-electron chi connectivity index (χ0n) is 41.0. The van der Waals surface area contributed by atoms with E-state index in [1.807, 2.05) is 46.1 Å². The van der Waals surface area contributed by atoms with E-state index < -0.39 is 58.6 Å². The van der Waals surface area contributed by atoms with E-state index in [4.69, 9.17) is 0 Å². The maximum absolute atomic E-state index is 13.4. The number of pyridine rings is 1. The number of nitrogens with zero attached hydrogens (tertiary/aromatic N) is 13. The van der Waals surface area contributed by atoms with Crippen molar-refractivity contribution in [2.45, 2.75) is 64.0 Å². The molecular formula is C49H51F8N15O2. The quantitative estimate of drug-likeness (QED) is 0.139. The Bertz CT molecular complexity index is 3160. The fraction of sp³-hybridized carbons (Fsp3) is 0.367. The number of benzene rings is 2. The van der Waals surface area contributed by atoms with Crippen molar-refractivity contribution in [3.63, 3.8) is 0 Å². The third-order valence-electron chi connectivity index (χ3n) is 13.5. The van der Waals surface area contributed by atoms with Crippen molar-refractivity contribution >= 4 is 45.8 Å².